The zero-order chi connectivity index (χ0) is 23.5. The van der Waals surface area contributed by atoms with E-state index in [0.717, 1.165) is 12.8 Å². The average Bonchev–Trinajstić information content (AvgIpc) is 3.51. The van der Waals surface area contributed by atoms with E-state index < -0.39 is 18.0 Å². The van der Waals surface area contributed by atoms with E-state index in [1.54, 1.807) is 19.9 Å². The molecule has 0 spiro atoms. The van der Waals surface area contributed by atoms with Gasteiger partial charge < -0.3 is 10.1 Å². The number of hydrogen-bond acceptors (Lipinski definition) is 8. The van der Waals surface area contributed by atoms with Gasteiger partial charge in [0.1, 0.15) is 0 Å². The fraction of sp³-hybridized carbons (Fsp3) is 0.400. The normalized spacial score (nSPS) is 14.2. The Morgan fingerprint density at radius 1 is 1.27 bits per heavy atom. The molecule has 1 aliphatic carbocycles. The van der Waals surface area contributed by atoms with Crippen LogP contribution in [0.2, 0.25) is 5.15 Å². The molecular formula is C20H23ClN8O4. The van der Waals surface area contributed by atoms with E-state index in [1.165, 1.54) is 24.0 Å². The largest absolute Gasteiger partial charge is 0.375 e. The Morgan fingerprint density at radius 3 is 2.76 bits per heavy atom. The van der Waals surface area contributed by atoms with Crippen molar-refractivity contribution in [1.29, 1.82) is 0 Å². The number of anilines is 2. The Kier molecular flexibility index (Phi) is 6.67. The zero-order valence-corrected chi connectivity index (χ0v) is 19.0. The number of nitrogens with zero attached hydrogens (tertiary/aromatic N) is 5. The molecule has 0 unspecified atom stereocenters. The minimum atomic E-state index is -0.608. The molecule has 0 aliphatic heterocycles. The number of ether oxygens (including phenoxy) is 1. The lowest BCUT2D eigenvalue weighted by Crippen LogP contribution is -2.27. The molecule has 174 valence electrons. The van der Waals surface area contributed by atoms with Gasteiger partial charge in [0.2, 0.25) is 5.95 Å². The van der Waals surface area contributed by atoms with Crippen LogP contribution in [0.15, 0.2) is 18.5 Å². The highest BCUT2D eigenvalue weighted by Crippen LogP contribution is 2.28. The maximum Gasteiger partial charge on any atom is 0.326 e. The van der Waals surface area contributed by atoms with Crippen LogP contribution in [0.1, 0.15) is 47.6 Å². The summed E-state index contributed by atoms with van der Waals surface area (Å²) in [6, 6.07) is 0.992. The smallest absolute Gasteiger partial charge is 0.326 e. The number of amides is 3. The Hall–Kier alpha value is -3.35. The second kappa shape index (κ2) is 9.65. The van der Waals surface area contributed by atoms with E-state index in [0.29, 0.717) is 35.2 Å². The van der Waals surface area contributed by atoms with Gasteiger partial charge in [0.05, 0.1) is 41.5 Å². The highest BCUT2D eigenvalue weighted by molar-refractivity contribution is 6.29. The predicted octanol–water partition coefficient (Wildman–Crippen LogP) is 2.90. The van der Waals surface area contributed by atoms with Crippen molar-refractivity contribution in [2.75, 3.05) is 24.4 Å². The van der Waals surface area contributed by atoms with Crippen LogP contribution in [-0.4, -0.2) is 50.2 Å². The second-order valence-electron chi connectivity index (χ2n) is 7.63. The first-order chi connectivity index (χ1) is 15.9. The number of aryl methyl sites for hydroxylation is 1. The van der Waals surface area contributed by atoms with Crippen LogP contribution in [0.25, 0.3) is 5.65 Å². The third-order valence-electron chi connectivity index (χ3n) is 5.11. The van der Waals surface area contributed by atoms with E-state index in [2.05, 4.69) is 36.2 Å². The third-order valence-corrected chi connectivity index (χ3v) is 5.29. The van der Waals surface area contributed by atoms with Crippen molar-refractivity contribution in [3.8, 4) is 0 Å². The molecule has 1 saturated carbocycles. The molecule has 0 bridgehead atoms. The molecule has 1 aliphatic rings. The standard InChI is InChI=1S/C20H23ClN8O4/c1-10-13(18(30)28-33-9-12-4-5-12)7-23-19(24-10)26-20(31)25-14-8-22-16-6-15(21)27-29(16)17(14)11(2)32-3/h6-8,11-12H,4-5,9H2,1-3H3,(H,28,30)(H2,23,24,25,26,31)/t11-/m0/s1. The van der Waals surface area contributed by atoms with E-state index in [4.69, 9.17) is 21.2 Å². The van der Waals surface area contributed by atoms with Crippen molar-refractivity contribution >= 4 is 40.8 Å². The van der Waals surface area contributed by atoms with Crippen molar-refractivity contribution in [3.63, 3.8) is 0 Å². The number of carbonyl (C=O) groups is 2. The minimum absolute atomic E-state index is 0.0259. The molecule has 3 heterocycles. The second-order valence-corrected chi connectivity index (χ2v) is 8.02. The lowest BCUT2D eigenvalue weighted by molar-refractivity contribution is 0.0269. The monoisotopic (exact) mass is 474 g/mol. The predicted molar refractivity (Wildman–Crippen MR) is 119 cm³/mol. The summed E-state index contributed by atoms with van der Waals surface area (Å²) in [5.74, 6) is 0.0962. The summed E-state index contributed by atoms with van der Waals surface area (Å²) in [5, 5.41) is 9.71. The van der Waals surface area contributed by atoms with Crippen LogP contribution in [0, 0.1) is 12.8 Å². The number of fused-ring (bicyclic) bond motifs is 1. The molecule has 13 heteroatoms. The number of halogens is 1. The highest BCUT2D eigenvalue weighted by Gasteiger charge is 2.23. The van der Waals surface area contributed by atoms with Gasteiger partial charge in [-0.05, 0) is 32.6 Å². The number of hydrogen-bond donors (Lipinski definition) is 3. The van der Waals surface area contributed by atoms with Crippen LogP contribution in [0.3, 0.4) is 0 Å². The number of methoxy groups -OCH3 is 1. The molecule has 1 fully saturated rings. The van der Waals surface area contributed by atoms with Gasteiger partial charge in [0.15, 0.2) is 10.8 Å². The van der Waals surface area contributed by atoms with E-state index in [1.807, 2.05) is 0 Å². The third kappa shape index (κ3) is 5.35. The van der Waals surface area contributed by atoms with E-state index >= 15 is 0 Å². The quantitative estimate of drug-likeness (QED) is 0.422. The highest BCUT2D eigenvalue weighted by atomic mass is 35.5. The minimum Gasteiger partial charge on any atom is -0.375 e. The number of urea groups is 1. The van der Waals surface area contributed by atoms with Crippen LogP contribution >= 0.6 is 11.6 Å². The van der Waals surface area contributed by atoms with E-state index in [9.17, 15) is 9.59 Å². The summed E-state index contributed by atoms with van der Waals surface area (Å²) in [6.07, 6.45) is 4.63. The summed E-state index contributed by atoms with van der Waals surface area (Å²) >= 11 is 6.00. The molecule has 0 saturated heterocycles. The van der Waals surface area contributed by atoms with Gasteiger partial charge in [-0.1, -0.05) is 11.6 Å². The Morgan fingerprint density at radius 2 is 2.06 bits per heavy atom. The molecule has 3 N–H and O–H groups in total. The van der Waals surface area contributed by atoms with Gasteiger partial charge in [-0.15, -0.1) is 0 Å². The molecular weight excluding hydrogens is 452 g/mol. The van der Waals surface area contributed by atoms with Gasteiger partial charge in [-0.3, -0.25) is 14.9 Å². The van der Waals surface area contributed by atoms with Crippen LogP contribution < -0.4 is 16.1 Å². The number of carbonyl (C=O) groups excluding carboxylic acids is 2. The molecule has 0 aromatic carbocycles. The number of hydroxylamine groups is 1. The van der Waals surface area contributed by atoms with Crippen LogP contribution in [0.4, 0.5) is 16.4 Å². The zero-order valence-electron chi connectivity index (χ0n) is 18.3. The maximum atomic E-state index is 12.6. The SMILES string of the molecule is CO[C@@H](C)c1c(NC(=O)Nc2ncc(C(=O)NOCC3CC3)c(C)n2)cnc2cc(Cl)nn12. The van der Waals surface area contributed by atoms with Crippen LogP contribution in [0.5, 0.6) is 0 Å². The first kappa shape index (κ1) is 22.8. The lowest BCUT2D eigenvalue weighted by atomic mass is 10.2. The summed E-state index contributed by atoms with van der Waals surface area (Å²) in [5.41, 5.74) is 4.46. The fourth-order valence-corrected chi connectivity index (χ4v) is 3.27. The molecule has 3 aromatic heterocycles. The first-order valence-electron chi connectivity index (χ1n) is 10.3. The van der Waals surface area contributed by atoms with Crippen molar-refractivity contribution in [1.82, 2.24) is 30.0 Å². The fourth-order valence-electron chi connectivity index (χ4n) is 3.09. The first-order valence-corrected chi connectivity index (χ1v) is 10.6. The number of aromatic nitrogens is 5. The number of rotatable bonds is 8. The molecule has 3 aromatic rings. The van der Waals surface area contributed by atoms with Crippen LogP contribution in [-0.2, 0) is 9.57 Å². The number of nitrogens with one attached hydrogen (secondary N) is 3. The topological polar surface area (TPSA) is 145 Å². The van der Waals surface area contributed by atoms with Crippen molar-refractivity contribution in [3.05, 3.63) is 40.6 Å². The maximum absolute atomic E-state index is 12.6. The molecule has 33 heavy (non-hydrogen) atoms. The summed E-state index contributed by atoms with van der Waals surface area (Å²) in [6.45, 7) is 3.93. The van der Waals surface area contributed by atoms with Gasteiger partial charge in [0, 0.05) is 19.4 Å². The summed E-state index contributed by atoms with van der Waals surface area (Å²) in [4.78, 5) is 42.5. The average molecular weight is 475 g/mol. The van der Waals surface area contributed by atoms with Gasteiger partial charge in [0.25, 0.3) is 5.91 Å². The Balaban J connectivity index is 1.44. The van der Waals surface area contributed by atoms with Gasteiger partial charge >= 0.3 is 6.03 Å². The van der Waals surface area contributed by atoms with Gasteiger partial charge in [-0.25, -0.2) is 29.7 Å². The molecule has 0 radical (unpaired) electrons. The van der Waals surface area contributed by atoms with Crippen molar-refractivity contribution in [2.45, 2.75) is 32.8 Å². The molecule has 4 rings (SSSR count). The lowest BCUT2D eigenvalue weighted by Gasteiger charge is -2.17. The van der Waals surface area contributed by atoms with Crippen molar-refractivity contribution < 1.29 is 19.2 Å². The molecule has 12 nitrogen and oxygen atoms in total. The Bertz CT molecular complexity index is 1200. The summed E-state index contributed by atoms with van der Waals surface area (Å²) in [7, 11) is 1.54. The Labute approximate surface area is 194 Å². The molecule has 1 atom stereocenters. The van der Waals surface area contributed by atoms with E-state index in [-0.39, 0.29) is 16.7 Å². The summed E-state index contributed by atoms with van der Waals surface area (Å²) < 4.78 is 6.92. The van der Waals surface area contributed by atoms with Crippen molar-refractivity contribution in [2.24, 2.45) is 5.92 Å². The molecule has 3 amide bonds. The van der Waals surface area contributed by atoms with Gasteiger partial charge in [-0.2, -0.15) is 5.10 Å².